The van der Waals surface area contributed by atoms with Crippen molar-refractivity contribution in [3.05, 3.63) is 24.3 Å². The lowest BCUT2D eigenvalue weighted by atomic mass is 9.85. The summed E-state index contributed by atoms with van der Waals surface area (Å²) in [5.41, 5.74) is 0.954. The summed E-state index contributed by atoms with van der Waals surface area (Å²) in [7, 11) is -3.10. The van der Waals surface area contributed by atoms with Crippen molar-refractivity contribution < 1.29 is 8.42 Å². The van der Waals surface area contributed by atoms with Crippen LogP contribution < -0.4 is 5.32 Å². The van der Waals surface area contributed by atoms with Crippen LogP contribution in [0.15, 0.2) is 29.2 Å². The fraction of sp³-hybridized carbons (Fsp3) is 0.500. The first-order valence-electron chi connectivity index (χ1n) is 5.63. The van der Waals surface area contributed by atoms with Gasteiger partial charge in [-0.25, -0.2) is 8.42 Å². The maximum Gasteiger partial charge on any atom is 0.175 e. The summed E-state index contributed by atoms with van der Waals surface area (Å²) in [5, 5.41) is 3.63. The van der Waals surface area contributed by atoms with E-state index in [1.165, 1.54) is 6.26 Å². The Morgan fingerprint density at radius 3 is 2.35 bits per heavy atom. The Kier molecular flexibility index (Phi) is 3.64. The highest BCUT2D eigenvalue weighted by Gasteiger charge is 2.26. The summed E-state index contributed by atoms with van der Waals surface area (Å²) in [4.78, 5) is 0.354. The summed E-state index contributed by atoms with van der Waals surface area (Å²) in [6.45, 7) is 0.904. The molecule has 1 aliphatic carbocycles. The molecule has 1 aromatic carbocycles. The van der Waals surface area contributed by atoms with Crippen LogP contribution in [-0.2, 0) is 9.84 Å². The molecule has 0 spiro atoms. The fourth-order valence-corrected chi connectivity index (χ4v) is 3.04. The quantitative estimate of drug-likeness (QED) is 0.858. The van der Waals surface area contributed by atoms with E-state index < -0.39 is 9.84 Å². The van der Waals surface area contributed by atoms with E-state index in [1.54, 1.807) is 24.3 Å². The van der Waals surface area contributed by atoms with Crippen LogP contribution in [0.2, 0.25) is 0 Å². The van der Waals surface area contributed by atoms with Crippen molar-refractivity contribution in [3.63, 3.8) is 0 Å². The van der Waals surface area contributed by atoms with Crippen molar-refractivity contribution in [1.82, 2.24) is 0 Å². The molecular formula is C12H16ClNO2S. The molecule has 0 amide bonds. The minimum atomic E-state index is -3.10. The zero-order valence-electron chi connectivity index (χ0n) is 9.69. The summed E-state index contributed by atoms with van der Waals surface area (Å²) < 4.78 is 22.5. The lowest BCUT2D eigenvalue weighted by Gasteiger charge is -2.31. The topological polar surface area (TPSA) is 46.2 Å². The van der Waals surface area contributed by atoms with Gasteiger partial charge in [0.2, 0.25) is 0 Å². The Morgan fingerprint density at radius 1 is 1.29 bits per heavy atom. The molecule has 0 heterocycles. The largest absolute Gasteiger partial charge is 0.385 e. The SMILES string of the molecule is CS(=O)(=O)c1ccc(NCC2CC(Cl)C2)cc1. The lowest BCUT2D eigenvalue weighted by Crippen LogP contribution is -2.29. The monoisotopic (exact) mass is 273 g/mol. The molecule has 1 saturated carbocycles. The maximum atomic E-state index is 11.3. The molecule has 0 aromatic heterocycles. The Bertz CT molecular complexity index is 478. The van der Waals surface area contributed by atoms with Gasteiger partial charge >= 0.3 is 0 Å². The molecule has 1 aromatic rings. The first-order valence-corrected chi connectivity index (χ1v) is 7.96. The van der Waals surface area contributed by atoms with Crippen molar-refractivity contribution in [2.45, 2.75) is 23.1 Å². The summed E-state index contributed by atoms with van der Waals surface area (Å²) in [5.74, 6) is 0.645. The third-order valence-electron chi connectivity index (χ3n) is 3.06. The predicted octanol–water partition coefficient (Wildman–Crippen LogP) is 2.52. The van der Waals surface area contributed by atoms with Crippen LogP contribution in [0.25, 0.3) is 0 Å². The Labute approximate surface area is 107 Å². The van der Waals surface area contributed by atoms with Crippen molar-refractivity contribution in [3.8, 4) is 0 Å². The summed E-state index contributed by atoms with van der Waals surface area (Å²) in [6, 6.07) is 6.85. The van der Waals surface area contributed by atoms with Gasteiger partial charge in [-0.2, -0.15) is 0 Å². The van der Waals surface area contributed by atoms with E-state index >= 15 is 0 Å². The minimum absolute atomic E-state index is 0.342. The molecule has 3 nitrogen and oxygen atoms in total. The van der Waals surface area contributed by atoms with E-state index in [9.17, 15) is 8.42 Å². The zero-order chi connectivity index (χ0) is 12.5. The number of sulfone groups is 1. The number of nitrogens with one attached hydrogen (secondary N) is 1. The van der Waals surface area contributed by atoms with Gasteiger partial charge in [-0.15, -0.1) is 11.6 Å². The van der Waals surface area contributed by atoms with Crippen LogP contribution in [0.1, 0.15) is 12.8 Å². The number of benzene rings is 1. The second-order valence-corrected chi connectivity index (χ2v) is 7.25. The van der Waals surface area contributed by atoms with Crippen LogP contribution in [0.5, 0.6) is 0 Å². The molecule has 1 aliphatic rings. The highest BCUT2D eigenvalue weighted by molar-refractivity contribution is 7.90. The molecular weight excluding hydrogens is 258 g/mol. The third-order valence-corrected chi connectivity index (χ3v) is 4.54. The molecule has 1 N–H and O–H groups in total. The molecule has 2 rings (SSSR count). The van der Waals surface area contributed by atoms with Gasteiger partial charge in [0.1, 0.15) is 0 Å². The van der Waals surface area contributed by atoms with Crippen LogP contribution >= 0.6 is 11.6 Å². The average molecular weight is 274 g/mol. The third kappa shape index (κ3) is 3.36. The second-order valence-electron chi connectivity index (χ2n) is 4.61. The maximum absolute atomic E-state index is 11.3. The van der Waals surface area contributed by atoms with Gasteiger partial charge in [-0.3, -0.25) is 0 Å². The van der Waals surface area contributed by atoms with Crippen LogP contribution in [0, 0.1) is 5.92 Å². The smallest absolute Gasteiger partial charge is 0.175 e. The molecule has 0 bridgehead atoms. The van der Waals surface area contributed by atoms with E-state index in [2.05, 4.69) is 5.32 Å². The molecule has 94 valence electrons. The molecule has 1 fully saturated rings. The normalized spacial score (nSPS) is 24.1. The number of alkyl halides is 1. The van der Waals surface area contributed by atoms with Crippen molar-refractivity contribution >= 4 is 27.1 Å². The van der Waals surface area contributed by atoms with Gasteiger partial charge < -0.3 is 5.32 Å². The number of rotatable bonds is 4. The molecule has 0 saturated heterocycles. The molecule has 0 aliphatic heterocycles. The van der Waals surface area contributed by atoms with Crippen molar-refractivity contribution in [2.75, 3.05) is 18.1 Å². The number of anilines is 1. The second kappa shape index (κ2) is 4.86. The van der Waals surface area contributed by atoms with Gasteiger partial charge in [0.05, 0.1) is 4.90 Å². The highest BCUT2D eigenvalue weighted by Crippen LogP contribution is 2.31. The highest BCUT2D eigenvalue weighted by atomic mass is 35.5. The number of hydrogen-bond donors (Lipinski definition) is 1. The Morgan fingerprint density at radius 2 is 1.88 bits per heavy atom. The van der Waals surface area contributed by atoms with E-state index in [0.717, 1.165) is 25.1 Å². The minimum Gasteiger partial charge on any atom is -0.385 e. The first-order chi connectivity index (χ1) is 7.95. The fourth-order valence-electron chi connectivity index (χ4n) is 1.90. The molecule has 0 unspecified atom stereocenters. The Balaban J connectivity index is 1.90. The predicted molar refractivity (Wildman–Crippen MR) is 70.4 cm³/mol. The van der Waals surface area contributed by atoms with E-state index in [-0.39, 0.29) is 0 Å². The molecule has 17 heavy (non-hydrogen) atoms. The summed E-state index contributed by atoms with van der Waals surface area (Å²) in [6.07, 6.45) is 3.34. The molecule has 0 atom stereocenters. The van der Waals surface area contributed by atoms with Crippen LogP contribution in [0.4, 0.5) is 5.69 Å². The Hall–Kier alpha value is -0.740. The zero-order valence-corrected chi connectivity index (χ0v) is 11.3. The van der Waals surface area contributed by atoms with Crippen LogP contribution in [0.3, 0.4) is 0 Å². The van der Waals surface area contributed by atoms with Crippen molar-refractivity contribution in [2.24, 2.45) is 5.92 Å². The lowest BCUT2D eigenvalue weighted by molar-refractivity contribution is 0.341. The molecule has 0 radical (unpaired) electrons. The average Bonchev–Trinajstić information content (AvgIpc) is 2.22. The summed E-state index contributed by atoms with van der Waals surface area (Å²) >= 11 is 5.90. The van der Waals surface area contributed by atoms with Crippen LogP contribution in [-0.4, -0.2) is 26.6 Å². The first kappa shape index (κ1) is 12.7. The van der Waals surface area contributed by atoms with E-state index in [0.29, 0.717) is 16.2 Å². The van der Waals surface area contributed by atoms with Gasteiger partial charge in [-0.1, -0.05) is 0 Å². The van der Waals surface area contributed by atoms with Gasteiger partial charge in [0, 0.05) is 23.9 Å². The standard InChI is InChI=1S/C12H16ClNO2S/c1-17(15,16)12-4-2-11(3-5-12)14-8-9-6-10(13)7-9/h2-5,9-10,14H,6-8H2,1H3. The van der Waals surface area contributed by atoms with E-state index in [4.69, 9.17) is 11.6 Å². The van der Waals surface area contributed by atoms with Gasteiger partial charge in [0.25, 0.3) is 0 Å². The number of hydrogen-bond acceptors (Lipinski definition) is 3. The number of halogens is 1. The molecule has 5 heteroatoms. The van der Waals surface area contributed by atoms with E-state index in [1.807, 2.05) is 0 Å². The van der Waals surface area contributed by atoms with Crippen molar-refractivity contribution in [1.29, 1.82) is 0 Å². The van der Waals surface area contributed by atoms with Gasteiger partial charge in [-0.05, 0) is 43.0 Å². The van der Waals surface area contributed by atoms with Gasteiger partial charge in [0.15, 0.2) is 9.84 Å².